The van der Waals surface area contributed by atoms with Crippen molar-refractivity contribution in [3.05, 3.63) is 48.1 Å². The molecule has 11 heavy (non-hydrogen) atoms. The molecule has 0 heterocycles. The van der Waals surface area contributed by atoms with Crippen LogP contribution in [0.4, 0.5) is 0 Å². The van der Waals surface area contributed by atoms with E-state index in [0.717, 1.165) is 5.57 Å². The first-order valence-corrected chi connectivity index (χ1v) is 3.76. The molecule has 0 bridgehead atoms. The average molecular weight is 148 g/mol. The van der Waals surface area contributed by atoms with E-state index in [1.165, 1.54) is 5.57 Å². The van der Waals surface area contributed by atoms with E-state index in [1.807, 2.05) is 31.2 Å². The minimum absolute atomic E-state index is 1.08. The number of hydrogen-bond acceptors (Lipinski definition) is 0. The fourth-order valence-electron chi connectivity index (χ4n) is 0.532. The number of rotatable bonds is 3. The predicted molar refractivity (Wildman–Crippen MR) is 52.5 cm³/mol. The molecule has 0 unspecified atom stereocenters. The molecule has 0 aromatic heterocycles. The van der Waals surface area contributed by atoms with E-state index < -0.39 is 0 Å². The molecule has 0 saturated carbocycles. The van der Waals surface area contributed by atoms with E-state index in [2.05, 4.69) is 26.5 Å². The smallest absolute Gasteiger partial charge is 0.0404 e. The van der Waals surface area contributed by atoms with Crippen molar-refractivity contribution < 1.29 is 0 Å². The Balaban J connectivity index is 3.78. The maximum absolute atomic E-state index is 3.75. The Morgan fingerprint density at radius 1 is 1.00 bits per heavy atom. The van der Waals surface area contributed by atoms with Gasteiger partial charge in [-0.3, -0.25) is 0 Å². The summed E-state index contributed by atoms with van der Waals surface area (Å²) >= 11 is 0. The van der Waals surface area contributed by atoms with Crippen molar-refractivity contribution in [3.8, 4) is 0 Å². The lowest BCUT2D eigenvalue weighted by Crippen LogP contribution is -1.60. The molecule has 0 aliphatic heterocycles. The molecule has 0 aliphatic rings. The summed E-state index contributed by atoms with van der Waals surface area (Å²) in [5.74, 6) is 0. The van der Waals surface area contributed by atoms with Gasteiger partial charge in [0.2, 0.25) is 0 Å². The highest BCUT2D eigenvalue weighted by Gasteiger charge is 1.70. The van der Waals surface area contributed by atoms with Crippen molar-refractivity contribution in [2.45, 2.75) is 20.8 Å². The van der Waals surface area contributed by atoms with Crippen LogP contribution in [0.2, 0.25) is 0 Å². The molecule has 60 valence electrons. The maximum Gasteiger partial charge on any atom is -0.0404 e. The third kappa shape index (κ3) is 8.96. The third-order valence-electron chi connectivity index (χ3n) is 1.03. The molecule has 0 amide bonds. The molecule has 0 radical (unpaired) electrons. The zero-order chi connectivity index (χ0) is 8.69. The number of allylic oxidation sites excluding steroid dienone is 7. The zero-order valence-electron chi connectivity index (χ0n) is 7.59. The fraction of sp³-hybridized carbons (Fsp3) is 0.273. The van der Waals surface area contributed by atoms with Crippen molar-refractivity contribution >= 4 is 0 Å². The van der Waals surface area contributed by atoms with Gasteiger partial charge in [-0.2, -0.15) is 0 Å². The monoisotopic (exact) mass is 148 g/mol. The topological polar surface area (TPSA) is 0 Å². The standard InChI is InChI=1S/C11H16/c1-10(2)8-6-5-7-9-11(3)4/h5-9H,1H2,2-4H3. The van der Waals surface area contributed by atoms with Crippen LogP contribution in [0.15, 0.2) is 48.1 Å². The van der Waals surface area contributed by atoms with Crippen LogP contribution < -0.4 is 0 Å². The van der Waals surface area contributed by atoms with Crippen molar-refractivity contribution in [3.63, 3.8) is 0 Å². The van der Waals surface area contributed by atoms with E-state index >= 15 is 0 Å². The van der Waals surface area contributed by atoms with Gasteiger partial charge in [0.1, 0.15) is 0 Å². The van der Waals surface area contributed by atoms with Crippen LogP contribution in [0.25, 0.3) is 0 Å². The van der Waals surface area contributed by atoms with E-state index in [0.29, 0.717) is 0 Å². The Morgan fingerprint density at radius 2 is 1.64 bits per heavy atom. The Hall–Kier alpha value is -1.04. The minimum Gasteiger partial charge on any atom is -0.0961 e. The highest BCUT2D eigenvalue weighted by molar-refractivity contribution is 5.20. The van der Waals surface area contributed by atoms with Gasteiger partial charge in [-0.15, -0.1) is 0 Å². The van der Waals surface area contributed by atoms with Crippen molar-refractivity contribution in [1.29, 1.82) is 0 Å². The molecule has 0 spiro atoms. The van der Waals surface area contributed by atoms with Crippen LogP contribution in [0.1, 0.15) is 20.8 Å². The molecule has 0 aromatic rings. The first-order valence-electron chi connectivity index (χ1n) is 3.76. The lowest BCUT2D eigenvalue weighted by Gasteiger charge is -1.81. The first-order chi connectivity index (χ1) is 5.13. The molecular weight excluding hydrogens is 132 g/mol. The second-order valence-electron chi connectivity index (χ2n) is 2.83. The SMILES string of the molecule is C=C(C)C=CC=CC=C(C)C. The zero-order valence-corrected chi connectivity index (χ0v) is 7.59. The van der Waals surface area contributed by atoms with Crippen molar-refractivity contribution in [1.82, 2.24) is 0 Å². The summed E-state index contributed by atoms with van der Waals surface area (Å²) < 4.78 is 0. The molecule has 0 atom stereocenters. The van der Waals surface area contributed by atoms with Gasteiger partial charge in [0.15, 0.2) is 0 Å². The highest BCUT2D eigenvalue weighted by atomic mass is 13.8. The maximum atomic E-state index is 3.75. The van der Waals surface area contributed by atoms with E-state index in [-0.39, 0.29) is 0 Å². The summed E-state index contributed by atoms with van der Waals surface area (Å²) in [5, 5.41) is 0. The fourth-order valence-corrected chi connectivity index (χ4v) is 0.532. The van der Waals surface area contributed by atoms with Gasteiger partial charge in [-0.25, -0.2) is 0 Å². The Bertz CT molecular complexity index is 198. The Morgan fingerprint density at radius 3 is 2.09 bits per heavy atom. The Labute approximate surface area is 69.6 Å². The molecule has 0 fully saturated rings. The molecule has 0 N–H and O–H groups in total. The van der Waals surface area contributed by atoms with Gasteiger partial charge in [-0.05, 0) is 20.8 Å². The van der Waals surface area contributed by atoms with E-state index in [4.69, 9.17) is 0 Å². The second kappa shape index (κ2) is 5.72. The van der Waals surface area contributed by atoms with Gasteiger partial charge < -0.3 is 0 Å². The quantitative estimate of drug-likeness (QED) is 0.536. The van der Waals surface area contributed by atoms with Gasteiger partial charge in [0, 0.05) is 0 Å². The molecule has 0 nitrogen and oxygen atoms in total. The second-order valence-corrected chi connectivity index (χ2v) is 2.83. The third-order valence-corrected chi connectivity index (χ3v) is 1.03. The van der Waals surface area contributed by atoms with Gasteiger partial charge in [0.25, 0.3) is 0 Å². The van der Waals surface area contributed by atoms with Crippen LogP contribution in [0.3, 0.4) is 0 Å². The Kier molecular flexibility index (Phi) is 5.18. The van der Waals surface area contributed by atoms with Crippen molar-refractivity contribution in [2.24, 2.45) is 0 Å². The number of hydrogen-bond donors (Lipinski definition) is 0. The molecule has 0 saturated heterocycles. The lowest BCUT2D eigenvalue weighted by molar-refractivity contribution is 1.39. The van der Waals surface area contributed by atoms with Crippen LogP contribution in [-0.4, -0.2) is 0 Å². The highest BCUT2D eigenvalue weighted by Crippen LogP contribution is 1.91. The van der Waals surface area contributed by atoms with Gasteiger partial charge >= 0.3 is 0 Å². The summed E-state index contributed by atoms with van der Waals surface area (Å²) in [4.78, 5) is 0. The van der Waals surface area contributed by atoms with Crippen LogP contribution >= 0.6 is 0 Å². The van der Waals surface area contributed by atoms with E-state index in [1.54, 1.807) is 0 Å². The molecule has 0 heteroatoms. The first kappa shape index (κ1) is 9.96. The van der Waals surface area contributed by atoms with E-state index in [9.17, 15) is 0 Å². The normalized spacial score (nSPS) is 10.8. The summed E-state index contributed by atoms with van der Waals surface area (Å²) in [6.07, 6.45) is 10.1. The van der Waals surface area contributed by atoms with Gasteiger partial charge in [0.05, 0.1) is 0 Å². The average Bonchev–Trinajstić information content (AvgIpc) is 1.85. The molecule has 0 aliphatic carbocycles. The summed E-state index contributed by atoms with van der Waals surface area (Å²) in [5.41, 5.74) is 2.39. The lowest BCUT2D eigenvalue weighted by atomic mass is 10.3. The summed E-state index contributed by atoms with van der Waals surface area (Å²) in [6.45, 7) is 9.88. The molecular formula is C11H16. The summed E-state index contributed by atoms with van der Waals surface area (Å²) in [7, 11) is 0. The molecule has 0 aromatic carbocycles. The van der Waals surface area contributed by atoms with Crippen LogP contribution in [0, 0.1) is 0 Å². The predicted octanol–water partition coefficient (Wildman–Crippen LogP) is 3.64. The van der Waals surface area contributed by atoms with Crippen LogP contribution in [-0.2, 0) is 0 Å². The molecule has 0 rings (SSSR count). The summed E-state index contributed by atoms with van der Waals surface area (Å²) in [6, 6.07) is 0. The minimum atomic E-state index is 1.08. The van der Waals surface area contributed by atoms with Crippen molar-refractivity contribution in [2.75, 3.05) is 0 Å². The van der Waals surface area contributed by atoms with Gasteiger partial charge in [-0.1, -0.05) is 48.1 Å². The largest absolute Gasteiger partial charge is 0.0961 e. The van der Waals surface area contributed by atoms with Crippen LogP contribution in [0.5, 0.6) is 0 Å².